The Balaban J connectivity index is 2.30. The van der Waals surface area contributed by atoms with E-state index in [1.54, 1.807) is 37.3 Å². The lowest BCUT2D eigenvalue weighted by Gasteiger charge is -2.12. The van der Waals surface area contributed by atoms with Gasteiger partial charge in [-0.1, -0.05) is 12.1 Å². The normalized spacial score (nSPS) is 10.2. The van der Waals surface area contributed by atoms with Crippen molar-refractivity contribution in [2.24, 2.45) is 5.84 Å². The number of hydrogen-bond acceptors (Lipinski definition) is 3. The molecule has 0 saturated heterocycles. The molecule has 0 unspecified atom stereocenters. The molecule has 0 fully saturated rings. The number of rotatable bonds is 3. The van der Waals surface area contributed by atoms with Gasteiger partial charge in [0.1, 0.15) is 5.82 Å². The lowest BCUT2D eigenvalue weighted by atomic mass is 10.1. The van der Waals surface area contributed by atoms with Crippen LogP contribution < -0.4 is 16.6 Å². The van der Waals surface area contributed by atoms with E-state index in [4.69, 9.17) is 5.84 Å². The average Bonchev–Trinajstić information content (AvgIpc) is 2.44. The summed E-state index contributed by atoms with van der Waals surface area (Å²) in [6, 6.07) is 9.69. The Hall–Kier alpha value is -1.92. The number of halogens is 2. The highest BCUT2D eigenvalue weighted by Crippen LogP contribution is 2.25. The Labute approximate surface area is 124 Å². The molecular weight excluding hydrogens is 325 g/mol. The van der Waals surface area contributed by atoms with Crippen LogP contribution in [0.2, 0.25) is 0 Å². The van der Waals surface area contributed by atoms with E-state index in [9.17, 15) is 9.18 Å². The molecule has 0 bridgehead atoms. The number of carbonyl (C=O) groups excluding carboxylic acids is 1. The maximum atomic E-state index is 13.5. The van der Waals surface area contributed by atoms with Gasteiger partial charge in [0.2, 0.25) is 0 Å². The summed E-state index contributed by atoms with van der Waals surface area (Å²) >= 11 is 3.10. The summed E-state index contributed by atoms with van der Waals surface area (Å²) in [6.45, 7) is 1.78. The molecule has 4 N–H and O–H groups in total. The number of nitrogen functional groups attached to an aromatic ring is 1. The van der Waals surface area contributed by atoms with Gasteiger partial charge in [-0.15, -0.1) is 0 Å². The molecule has 4 nitrogen and oxygen atoms in total. The Morgan fingerprint density at radius 3 is 2.65 bits per heavy atom. The monoisotopic (exact) mass is 337 g/mol. The highest BCUT2D eigenvalue weighted by molar-refractivity contribution is 9.10. The SMILES string of the molecule is Cc1cc(Br)c(F)cc1NC(=O)c1ccccc1NN. The molecule has 0 heterocycles. The number of amides is 1. The largest absolute Gasteiger partial charge is 0.323 e. The molecule has 0 atom stereocenters. The predicted molar refractivity (Wildman–Crippen MR) is 81.0 cm³/mol. The van der Waals surface area contributed by atoms with Gasteiger partial charge in [0.05, 0.1) is 15.7 Å². The first kappa shape index (κ1) is 14.5. The molecule has 20 heavy (non-hydrogen) atoms. The van der Waals surface area contributed by atoms with Crippen molar-refractivity contribution >= 4 is 33.2 Å². The summed E-state index contributed by atoms with van der Waals surface area (Å²) in [6.07, 6.45) is 0. The number of aryl methyl sites for hydroxylation is 1. The summed E-state index contributed by atoms with van der Waals surface area (Å²) in [5.74, 6) is 4.57. The second kappa shape index (κ2) is 6.02. The van der Waals surface area contributed by atoms with Gasteiger partial charge < -0.3 is 10.7 Å². The maximum absolute atomic E-state index is 13.5. The topological polar surface area (TPSA) is 67.2 Å². The van der Waals surface area contributed by atoms with Gasteiger partial charge in [0.25, 0.3) is 5.91 Å². The number of nitrogens with two attached hydrogens (primary N) is 1. The smallest absolute Gasteiger partial charge is 0.257 e. The third-order valence-electron chi connectivity index (χ3n) is 2.84. The first-order chi connectivity index (χ1) is 9.52. The van der Waals surface area contributed by atoms with Crippen LogP contribution in [0.15, 0.2) is 40.9 Å². The van der Waals surface area contributed by atoms with Crippen LogP contribution >= 0.6 is 15.9 Å². The minimum absolute atomic E-state index is 0.358. The van der Waals surface area contributed by atoms with Crippen molar-refractivity contribution in [2.75, 3.05) is 10.7 Å². The number of nitrogens with one attached hydrogen (secondary N) is 2. The number of hydrogen-bond donors (Lipinski definition) is 3. The molecule has 104 valence electrons. The van der Waals surface area contributed by atoms with E-state index in [1.807, 2.05) is 0 Å². The van der Waals surface area contributed by atoms with Crippen LogP contribution in [-0.4, -0.2) is 5.91 Å². The summed E-state index contributed by atoms with van der Waals surface area (Å²) in [7, 11) is 0. The van der Waals surface area contributed by atoms with Gasteiger partial charge in [0.15, 0.2) is 0 Å². The fraction of sp³-hybridized carbons (Fsp3) is 0.0714. The van der Waals surface area contributed by atoms with Crippen LogP contribution in [0.25, 0.3) is 0 Å². The van der Waals surface area contributed by atoms with E-state index >= 15 is 0 Å². The third kappa shape index (κ3) is 2.97. The van der Waals surface area contributed by atoms with Crippen molar-refractivity contribution in [3.63, 3.8) is 0 Å². The zero-order valence-corrected chi connectivity index (χ0v) is 12.3. The quantitative estimate of drug-likeness (QED) is 0.593. The Morgan fingerprint density at radius 1 is 1.25 bits per heavy atom. The molecule has 2 rings (SSSR count). The number of benzene rings is 2. The molecule has 0 aliphatic heterocycles. The van der Waals surface area contributed by atoms with Crippen molar-refractivity contribution in [3.8, 4) is 0 Å². The second-order valence-electron chi connectivity index (χ2n) is 4.23. The molecule has 0 aliphatic carbocycles. The average molecular weight is 338 g/mol. The van der Waals surface area contributed by atoms with Crippen molar-refractivity contribution in [2.45, 2.75) is 6.92 Å². The van der Waals surface area contributed by atoms with Crippen molar-refractivity contribution < 1.29 is 9.18 Å². The summed E-state index contributed by atoms with van der Waals surface area (Å²) in [5.41, 5.74) is 4.52. The zero-order valence-electron chi connectivity index (χ0n) is 10.7. The summed E-state index contributed by atoms with van der Waals surface area (Å²) in [5, 5.41) is 2.67. The second-order valence-corrected chi connectivity index (χ2v) is 5.08. The standard InChI is InChI=1S/C14H13BrFN3O/c1-8-6-10(15)11(16)7-13(8)18-14(20)9-4-2-3-5-12(9)19-17/h2-7,19H,17H2,1H3,(H,18,20). The lowest BCUT2D eigenvalue weighted by molar-refractivity contribution is 0.102. The Morgan fingerprint density at radius 2 is 1.95 bits per heavy atom. The van der Waals surface area contributed by atoms with E-state index in [0.29, 0.717) is 21.4 Å². The minimum Gasteiger partial charge on any atom is -0.323 e. The zero-order chi connectivity index (χ0) is 14.7. The molecule has 2 aromatic rings. The van der Waals surface area contributed by atoms with E-state index in [-0.39, 0.29) is 5.91 Å². The lowest BCUT2D eigenvalue weighted by Crippen LogP contribution is -2.17. The maximum Gasteiger partial charge on any atom is 0.257 e. The fourth-order valence-electron chi connectivity index (χ4n) is 1.78. The van der Waals surface area contributed by atoms with Crippen LogP contribution in [0.1, 0.15) is 15.9 Å². The molecule has 0 saturated carbocycles. The minimum atomic E-state index is -0.434. The molecule has 6 heteroatoms. The molecule has 0 spiro atoms. The fourth-order valence-corrected chi connectivity index (χ4v) is 2.24. The number of hydrazine groups is 1. The molecule has 2 aromatic carbocycles. The molecule has 0 aromatic heterocycles. The summed E-state index contributed by atoms with van der Waals surface area (Å²) < 4.78 is 13.9. The first-order valence-electron chi connectivity index (χ1n) is 5.85. The first-order valence-corrected chi connectivity index (χ1v) is 6.65. The highest BCUT2D eigenvalue weighted by atomic mass is 79.9. The van der Waals surface area contributed by atoms with Crippen LogP contribution in [0.4, 0.5) is 15.8 Å². The third-order valence-corrected chi connectivity index (χ3v) is 3.45. The van der Waals surface area contributed by atoms with Crippen molar-refractivity contribution in [1.29, 1.82) is 0 Å². The van der Waals surface area contributed by atoms with E-state index in [0.717, 1.165) is 5.56 Å². The number of carbonyl (C=O) groups is 1. The molecule has 1 amide bonds. The van der Waals surface area contributed by atoms with Crippen LogP contribution in [0, 0.1) is 12.7 Å². The predicted octanol–water partition coefficient (Wildman–Crippen LogP) is 3.43. The number of para-hydroxylation sites is 1. The van der Waals surface area contributed by atoms with Crippen molar-refractivity contribution in [1.82, 2.24) is 0 Å². The van der Waals surface area contributed by atoms with Crippen LogP contribution in [0.5, 0.6) is 0 Å². The Bertz CT molecular complexity index is 661. The molecule has 0 radical (unpaired) electrons. The van der Waals surface area contributed by atoms with Gasteiger partial charge in [0, 0.05) is 5.69 Å². The van der Waals surface area contributed by atoms with Gasteiger partial charge >= 0.3 is 0 Å². The van der Waals surface area contributed by atoms with Crippen LogP contribution in [0.3, 0.4) is 0 Å². The van der Waals surface area contributed by atoms with E-state index in [1.165, 1.54) is 6.07 Å². The van der Waals surface area contributed by atoms with Gasteiger partial charge in [-0.25, -0.2) is 4.39 Å². The van der Waals surface area contributed by atoms with Gasteiger partial charge in [-0.2, -0.15) is 0 Å². The van der Waals surface area contributed by atoms with Gasteiger partial charge in [-0.3, -0.25) is 10.6 Å². The van der Waals surface area contributed by atoms with Gasteiger partial charge in [-0.05, 0) is 52.7 Å². The highest BCUT2D eigenvalue weighted by Gasteiger charge is 2.13. The van der Waals surface area contributed by atoms with Crippen LogP contribution in [-0.2, 0) is 0 Å². The number of anilines is 2. The van der Waals surface area contributed by atoms with Crippen molar-refractivity contribution in [3.05, 3.63) is 57.8 Å². The Kier molecular flexibility index (Phi) is 4.36. The molecule has 0 aliphatic rings. The van der Waals surface area contributed by atoms with E-state index < -0.39 is 5.82 Å². The summed E-state index contributed by atoms with van der Waals surface area (Å²) in [4.78, 5) is 12.2. The molecular formula is C14H13BrFN3O. The van der Waals surface area contributed by atoms with E-state index in [2.05, 4.69) is 26.7 Å².